The molecule has 2 rings (SSSR count). The lowest BCUT2D eigenvalue weighted by Gasteiger charge is -2.23. The quantitative estimate of drug-likeness (QED) is 0.878. The van der Waals surface area contributed by atoms with Crippen LogP contribution in [-0.2, 0) is 9.59 Å². The third kappa shape index (κ3) is 3.31. The summed E-state index contributed by atoms with van der Waals surface area (Å²) in [4.78, 5) is 22.9. The summed E-state index contributed by atoms with van der Waals surface area (Å²) in [6.07, 6.45) is 0.437. The van der Waals surface area contributed by atoms with Crippen LogP contribution in [0.25, 0.3) is 0 Å². The van der Waals surface area contributed by atoms with Crippen molar-refractivity contribution in [1.29, 1.82) is 0 Å². The number of carbonyl (C=O) groups excluding carboxylic acids is 1. The largest absolute Gasteiger partial charge is 0.481 e. The minimum absolute atomic E-state index is 0.130. The summed E-state index contributed by atoms with van der Waals surface area (Å²) >= 11 is 5.86. The molecule has 4 nitrogen and oxygen atoms in total. The average Bonchev–Trinajstić information content (AvgIpc) is 3.17. The second-order valence-electron chi connectivity index (χ2n) is 5.57. The molecular weight excluding hydrogens is 278 g/mol. The molecule has 1 aromatic carbocycles. The van der Waals surface area contributed by atoms with Crippen LogP contribution in [0.15, 0.2) is 24.3 Å². The first-order valence-corrected chi connectivity index (χ1v) is 7.06. The van der Waals surface area contributed by atoms with E-state index in [0.717, 1.165) is 5.56 Å². The van der Waals surface area contributed by atoms with Crippen LogP contribution >= 0.6 is 11.6 Å². The number of hydrogen-bond donors (Lipinski definition) is 2. The number of amides is 1. The second kappa shape index (κ2) is 5.83. The molecule has 0 spiro atoms. The van der Waals surface area contributed by atoms with E-state index in [1.54, 1.807) is 12.1 Å². The summed E-state index contributed by atoms with van der Waals surface area (Å²) in [7, 11) is 0. The fourth-order valence-corrected chi connectivity index (χ4v) is 2.45. The normalized spacial score (nSPS) is 22.4. The van der Waals surface area contributed by atoms with Crippen molar-refractivity contribution in [3.05, 3.63) is 34.9 Å². The summed E-state index contributed by atoms with van der Waals surface area (Å²) < 4.78 is 0. The van der Waals surface area contributed by atoms with Crippen LogP contribution in [0.1, 0.15) is 31.9 Å². The second-order valence-corrected chi connectivity index (χ2v) is 6.01. The van der Waals surface area contributed by atoms with E-state index in [0.29, 0.717) is 11.4 Å². The minimum Gasteiger partial charge on any atom is -0.481 e. The Bertz CT molecular complexity index is 512. The molecule has 0 aliphatic heterocycles. The highest BCUT2D eigenvalue weighted by Gasteiger charge is 2.48. The Labute approximate surface area is 123 Å². The van der Waals surface area contributed by atoms with Crippen LogP contribution in [0, 0.1) is 17.8 Å². The number of halogens is 1. The highest BCUT2D eigenvalue weighted by atomic mass is 35.5. The lowest BCUT2D eigenvalue weighted by Crippen LogP contribution is -2.33. The molecule has 1 fully saturated rings. The predicted molar refractivity (Wildman–Crippen MR) is 76.4 cm³/mol. The molecule has 1 aliphatic rings. The van der Waals surface area contributed by atoms with Gasteiger partial charge in [-0.15, -0.1) is 0 Å². The first-order chi connectivity index (χ1) is 9.40. The van der Waals surface area contributed by atoms with Gasteiger partial charge in [0, 0.05) is 5.02 Å². The number of aliphatic carboxylic acids is 1. The van der Waals surface area contributed by atoms with Crippen LogP contribution in [0.4, 0.5) is 0 Å². The molecule has 0 saturated heterocycles. The van der Waals surface area contributed by atoms with E-state index >= 15 is 0 Å². The fourth-order valence-electron chi connectivity index (χ4n) is 2.32. The van der Waals surface area contributed by atoms with Gasteiger partial charge in [0.1, 0.15) is 0 Å². The van der Waals surface area contributed by atoms with E-state index in [4.69, 9.17) is 16.7 Å². The van der Waals surface area contributed by atoms with Gasteiger partial charge in [0.15, 0.2) is 0 Å². The van der Waals surface area contributed by atoms with Crippen LogP contribution < -0.4 is 5.32 Å². The molecule has 3 atom stereocenters. The van der Waals surface area contributed by atoms with Gasteiger partial charge in [-0.2, -0.15) is 0 Å². The summed E-state index contributed by atoms with van der Waals surface area (Å²) in [5.41, 5.74) is 0.977. The van der Waals surface area contributed by atoms with Gasteiger partial charge in [0.05, 0.1) is 17.9 Å². The van der Waals surface area contributed by atoms with E-state index in [9.17, 15) is 9.59 Å². The minimum atomic E-state index is -0.891. The molecule has 0 aromatic heterocycles. The maximum Gasteiger partial charge on any atom is 0.307 e. The summed E-state index contributed by atoms with van der Waals surface area (Å²) in [6.45, 7) is 4.03. The van der Waals surface area contributed by atoms with Gasteiger partial charge in [-0.1, -0.05) is 37.6 Å². The van der Waals surface area contributed by atoms with Crippen molar-refractivity contribution in [2.45, 2.75) is 26.3 Å². The standard InChI is InChI=1S/C15H18ClNO3/c1-8(2)13(9-3-5-10(16)6-4-9)17-14(18)11-7-12(11)15(19)20/h3-6,8,11-13H,7H2,1-2H3,(H,17,18)(H,19,20)/t11-,12+,13?/m1/s1. The zero-order valence-corrected chi connectivity index (χ0v) is 12.2. The van der Waals surface area contributed by atoms with E-state index < -0.39 is 11.9 Å². The number of carboxylic acid groups (broad SMARTS) is 1. The topological polar surface area (TPSA) is 66.4 Å². The molecule has 1 amide bonds. The highest BCUT2D eigenvalue weighted by molar-refractivity contribution is 6.30. The van der Waals surface area contributed by atoms with Gasteiger partial charge in [0.2, 0.25) is 5.91 Å². The Morgan fingerprint density at radius 2 is 1.85 bits per heavy atom. The Morgan fingerprint density at radius 1 is 1.25 bits per heavy atom. The number of benzene rings is 1. The molecule has 1 saturated carbocycles. The molecule has 1 aliphatic carbocycles. The number of hydrogen-bond acceptors (Lipinski definition) is 2. The molecule has 0 radical (unpaired) electrons. The lowest BCUT2D eigenvalue weighted by atomic mass is 9.96. The predicted octanol–water partition coefficient (Wildman–Crippen LogP) is 2.87. The van der Waals surface area contributed by atoms with Gasteiger partial charge in [-0.3, -0.25) is 9.59 Å². The Hall–Kier alpha value is -1.55. The van der Waals surface area contributed by atoms with Crippen molar-refractivity contribution in [2.24, 2.45) is 17.8 Å². The molecule has 20 heavy (non-hydrogen) atoms. The van der Waals surface area contributed by atoms with Crippen LogP contribution in [-0.4, -0.2) is 17.0 Å². The van der Waals surface area contributed by atoms with Crippen molar-refractivity contribution >= 4 is 23.5 Å². The summed E-state index contributed by atoms with van der Waals surface area (Å²) in [6, 6.07) is 7.21. The smallest absolute Gasteiger partial charge is 0.307 e. The maximum absolute atomic E-state index is 12.1. The van der Waals surface area contributed by atoms with Crippen LogP contribution in [0.2, 0.25) is 5.02 Å². The fraction of sp³-hybridized carbons (Fsp3) is 0.467. The van der Waals surface area contributed by atoms with Gasteiger partial charge in [-0.25, -0.2) is 0 Å². The van der Waals surface area contributed by atoms with Crippen LogP contribution in [0.5, 0.6) is 0 Å². The third-order valence-corrected chi connectivity index (χ3v) is 3.89. The number of nitrogens with one attached hydrogen (secondary N) is 1. The first kappa shape index (κ1) is 14.9. The molecule has 1 aromatic rings. The van der Waals surface area contributed by atoms with Gasteiger partial charge < -0.3 is 10.4 Å². The molecule has 0 heterocycles. The van der Waals surface area contributed by atoms with Gasteiger partial charge in [-0.05, 0) is 30.0 Å². The zero-order chi connectivity index (χ0) is 14.9. The number of rotatable bonds is 5. The molecular formula is C15H18ClNO3. The van der Waals surface area contributed by atoms with Crippen molar-refractivity contribution < 1.29 is 14.7 Å². The molecule has 5 heteroatoms. The first-order valence-electron chi connectivity index (χ1n) is 6.68. The Morgan fingerprint density at radius 3 is 2.30 bits per heavy atom. The van der Waals surface area contributed by atoms with Crippen molar-refractivity contribution in [1.82, 2.24) is 5.32 Å². The molecule has 108 valence electrons. The van der Waals surface area contributed by atoms with Gasteiger partial charge >= 0.3 is 5.97 Å². The lowest BCUT2D eigenvalue weighted by molar-refractivity contribution is -0.140. The molecule has 1 unspecified atom stereocenters. The summed E-state index contributed by atoms with van der Waals surface area (Å²) in [5, 5.41) is 12.5. The van der Waals surface area contributed by atoms with Gasteiger partial charge in [0.25, 0.3) is 0 Å². The average molecular weight is 296 g/mol. The van der Waals surface area contributed by atoms with Crippen molar-refractivity contribution in [3.63, 3.8) is 0 Å². The zero-order valence-electron chi connectivity index (χ0n) is 11.5. The van der Waals surface area contributed by atoms with Crippen LogP contribution in [0.3, 0.4) is 0 Å². The maximum atomic E-state index is 12.1. The number of carboxylic acids is 1. The van der Waals surface area contributed by atoms with E-state index in [2.05, 4.69) is 5.32 Å². The van der Waals surface area contributed by atoms with E-state index in [-0.39, 0.29) is 23.8 Å². The molecule has 0 bridgehead atoms. The van der Waals surface area contributed by atoms with E-state index in [1.165, 1.54) is 0 Å². The number of carbonyl (C=O) groups is 2. The van der Waals surface area contributed by atoms with Crippen molar-refractivity contribution in [2.75, 3.05) is 0 Å². The van der Waals surface area contributed by atoms with Crippen molar-refractivity contribution in [3.8, 4) is 0 Å². The monoisotopic (exact) mass is 295 g/mol. The molecule has 2 N–H and O–H groups in total. The Balaban J connectivity index is 2.05. The Kier molecular flexibility index (Phi) is 4.33. The third-order valence-electron chi connectivity index (χ3n) is 3.64. The highest BCUT2D eigenvalue weighted by Crippen LogP contribution is 2.39. The summed E-state index contributed by atoms with van der Waals surface area (Å²) in [5.74, 6) is -1.76. The van der Waals surface area contributed by atoms with E-state index in [1.807, 2.05) is 26.0 Å². The SMILES string of the molecule is CC(C)C(NC(=O)[C@@H]1C[C@@H]1C(=O)O)c1ccc(Cl)cc1.